The van der Waals surface area contributed by atoms with Gasteiger partial charge in [0.2, 0.25) is 0 Å². The summed E-state index contributed by atoms with van der Waals surface area (Å²) in [7, 11) is 0. The van der Waals surface area contributed by atoms with Gasteiger partial charge in [-0.15, -0.1) is 0 Å². The van der Waals surface area contributed by atoms with Crippen LogP contribution in [0.15, 0.2) is 59.6 Å². The van der Waals surface area contributed by atoms with Crippen molar-refractivity contribution in [1.29, 1.82) is 0 Å². The normalized spacial score (nSPS) is 11.9. The molecule has 0 aliphatic carbocycles. The minimum absolute atomic E-state index is 0.0129. The quantitative estimate of drug-likeness (QED) is 0.172. The highest BCUT2D eigenvalue weighted by Gasteiger charge is 2.16. The molecule has 0 amide bonds. The first-order valence-corrected chi connectivity index (χ1v) is 9.59. The molecule has 0 saturated heterocycles. The summed E-state index contributed by atoms with van der Waals surface area (Å²) >= 11 is 0. The molecule has 0 saturated carbocycles. The molecule has 1 unspecified atom stereocenters. The third-order valence-corrected chi connectivity index (χ3v) is 4.34. The summed E-state index contributed by atoms with van der Waals surface area (Å²) in [4.78, 5) is 37.1. The Bertz CT molecular complexity index is 911. The number of ketones is 1. The fraction of sp³-hybridized carbons (Fsp3) is 0.273. The highest BCUT2D eigenvalue weighted by Crippen LogP contribution is 2.18. The lowest BCUT2D eigenvalue weighted by molar-refractivity contribution is -0.139. The second kappa shape index (κ2) is 12.8. The number of nitrogens with two attached hydrogens (primary N) is 3. The van der Waals surface area contributed by atoms with Crippen molar-refractivity contribution in [2.45, 2.75) is 31.7 Å². The summed E-state index contributed by atoms with van der Waals surface area (Å²) < 4.78 is 0. The van der Waals surface area contributed by atoms with Crippen molar-refractivity contribution in [2.24, 2.45) is 22.2 Å². The smallest absolute Gasteiger partial charge is 0.320 e. The monoisotopic (exact) mass is 428 g/mol. The zero-order valence-corrected chi connectivity index (χ0v) is 17.3. The average Bonchev–Trinajstić information content (AvgIpc) is 2.76. The van der Waals surface area contributed by atoms with E-state index in [-0.39, 0.29) is 11.7 Å². The molecule has 31 heavy (non-hydrogen) atoms. The van der Waals surface area contributed by atoms with Crippen molar-refractivity contribution < 1.29 is 24.6 Å². The number of nitrogens with zero attached hydrogens (tertiary/aromatic N) is 1. The Balaban J connectivity index is 0.000000348. The number of guanidine groups is 1. The van der Waals surface area contributed by atoms with Gasteiger partial charge in [-0.1, -0.05) is 48.5 Å². The average molecular weight is 428 g/mol. The Morgan fingerprint density at radius 3 is 2.10 bits per heavy atom. The van der Waals surface area contributed by atoms with Gasteiger partial charge in [0, 0.05) is 17.7 Å². The van der Waals surface area contributed by atoms with E-state index in [0.29, 0.717) is 36.1 Å². The van der Waals surface area contributed by atoms with Crippen LogP contribution in [-0.2, 0) is 9.59 Å². The van der Waals surface area contributed by atoms with Crippen molar-refractivity contribution in [3.8, 4) is 0 Å². The van der Waals surface area contributed by atoms with Gasteiger partial charge in [0.15, 0.2) is 11.7 Å². The summed E-state index contributed by atoms with van der Waals surface area (Å²) in [5.74, 6) is -2.61. The van der Waals surface area contributed by atoms with Gasteiger partial charge in [0.05, 0.1) is 5.92 Å². The molecule has 0 bridgehead atoms. The van der Waals surface area contributed by atoms with Gasteiger partial charge in [0.25, 0.3) is 0 Å². The van der Waals surface area contributed by atoms with Gasteiger partial charge in [-0.25, -0.2) is 0 Å². The van der Waals surface area contributed by atoms with E-state index in [1.165, 1.54) is 0 Å². The molecule has 0 aliphatic rings. The van der Waals surface area contributed by atoms with Gasteiger partial charge < -0.3 is 27.4 Å². The van der Waals surface area contributed by atoms with E-state index in [4.69, 9.17) is 27.4 Å². The molecule has 9 heteroatoms. The number of carbonyl (C=O) groups excluding carboxylic acids is 1. The van der Waals surface area contributed by atoms with Crippen molar-refractivity contribution in [3.63, 3.8) is 0 Å². The third-order valence-electron chi connectivity index (χ3n) is 4.34. The summed E-state index contributed by atoms with van der Waals surface area (Å²) in [5, 5.41) is 17.4. The van der Waals surface area contributed by atoms with E-state index >= 15 is 0 Å². The van der Waals surface area contributed by atoms with Crippen molar-refractivity contribution in [1.82, 2.24) is 0 Å². The SMILES string of the molecule is C[C@@H](C(=O)O)c1cccc(C(=O)c2ccccc2)c1.NC(N)=NCCCC(N)C(=O)O. The molecule has 0 aromatic heterocycles. The lowest BCUT2D eigenvalue weighted by Crippen LogP contribution is -2.30. The van der Waals surface area contributed by atoms with Crippen LogP contribution in [0, 0.1) is 0 Å². The summed E-state index contributed by atoms with van der Waals surface area (Å²) in [6.45, 7) is 2.03. The Kier molecular flexibility index (Phi) is 10.4. The zero-order chi connectivity index (χ0) is 23.4. The molecule has 0 fully saturated rings. The van der Waals surface area contributed by atoms with Crippen LogP contribution in [0.25, 0.3) is 0 Å². The molecule has 0 spiro atoms. The number of hydrogen-bond acceptors (Lipinski definition) is 5. The lowest BCUT2D eigenvalue weighted by atomic mass is 9.96. The maximum atomic E-state index is 12.2. The number of carboxylic acids is 2. The topological polar surface area (TPSA) is 182 Å². The molecule has 0 aliphatic heterocycles. The highest BCUT2D eigenvalue weighted by molar-refractivity contribution is 6.09. The van der Waals surface area contributed by atoms with Crippen LogP contribution in [0.4, 0.5) is 0 Å². The Morgan fingerprint density at radius 1 is 0.935 bits per heavy atom. The molecular formula is C22H28N4O5. The predicted molar refractivity (Wildman–Crippen MR) is 118 cm³/mol. The van der Waals surface area contributed by atoms with E-state index < -0.39 is 23.9 Å². The fourth-order valence-electron chi connectivity index (χ4n) is 2.49. The molecule has 9 nitrogen and oxygen atoms in total. The van der Waals surface area contributed by atoms with Crippen LogP contribution in [0.3, 0.4) is 0 Å². The minimum Gasteiger partial charge on any atom is -0.481 e. The fourth-order valence-corrected chi connectivity index (χ4v) is 2.49. The third kappa shape index (κ3) is 9.09. The van der Waals surface area contributed by atoms with Crippen molar-refractivity contribution in [2.75, 3.05) is 6.54 Å². The van der Waals surface area contributed by atoms with E-state index in [0.717, 1.165) is 0 Å². The van der Waals surface area contributed by atoms with Gasteiger partial charge in [-0.2, -0.15) is 0 Å². The first-order chi connectivity index (χ1) is 14.6. The highest BCUT2D eigenvalue weighted by atomic mass is 16.4. The van der Waals surface area contributed by atoms with Gasteiger partial charge >= 0.3 is 11.9 Å². The molecule has 2 aromatic rings. The lowest BCUT2D eigenvalue weighted by Gasteiger charge is -2.08. The standard InChI is InChI=1S/C16H14O3.C6H14N4O2/c1-11(16(18)19)13-8-5-9-14(10-13)15(17)12-6-3-2-4-7-12;7-4(5(11)12)2-1-3-10-6(8)9/h2-11H,1H3,(H,18,19);4H,1-3,7H2,(H,11,12)(H4,8,9,10)/t11-;/m1./s1. The second-order valence-electron chi connectivity index (χ2n) is 6.77. The Morgan fingerprint density at radius 2 is 1.55 bits per heavy atom. The van der Waals surface area contributed by atoms with E-state index in [1.54, 1.807) is 55.5 Å². The largest absolute Gasteiger partial charge is 0.481 e. The summed E-state index contributed by atoms with van der Waals surface area (Å²) in [5.41, 5.74) is 17.1. The number of aliphatic carboxylic acids is 2. The van der Waals surface area contributed by atoms with Crippen LogP contribution in [0.5, 0.6) is 0 Å². The molecule has 2 atom stereocenters. The first-order valence-electron chi connectivity index (χ1n) is 9.59. The number of carboxylic acid groups (broad SMARTS) is 2. The molecule has 8 N–H and O–H groups in total. The maximum Gasteiger partial charge on any atom is 0.320 e. The maximum absolute atomic E-state index is 12.2. The van der Waals surface area contributed by atoms with Crippen LogP contribution in [-0.4, -0.2) is 46.5 Å². The van der Waals surface area contributed by atoms with E-state index in [1.807, 2.05) is 6.07 Å². The zero-order valence-electron chi connectivity index (χ0n) is 17.3. The minimum atomic E-state index is -1.00. The number of rotatable bonds is 9. The number of hydrogen-bond donors (Lipinski definition) is 5. The predicted octanol–water partition coefficient (Wildman–Crippen LogP) is 1.56. The first kappa shape index (κ1) is 25.3. The Labute approximate surface area is 180 Å². The van der Waals surface area contributed by atoms with Crippen LogP contribution in [0.1, 0.15) is 47.2 Å². The van der Waals surface area contributed by atoms with Gasteiger partial charge in [-0.3, -0.25) is 19.4 Å². The van der Waals surface area contributed by atoms with Crippen LogP contribution in [0.2, 0.25) is 0 Å². The molecule has 2 aromatic carbocycles. The summed E-state index contributed by atoms with van der Waals surface area (Å²) in [6, 6.07) is 14.9. The Hall–Kier alpha value is -3.72. The van der Waals surface area contributed by atoms with Crippen LogP contribution >= 0.6 is 0 Å². The molecule has 0 radical (unpaired) electrons. The molecular weight excluding hydrogens is 400 g/mol. The van der Waals surface area contributed by atoms with Crippen molar-refractivity contribution >= 4 is 23.7 Å². The number of carbonyl (C=O) groups is 3. The second-order valence-corrected chi connectivity index (χ2v) is 6.77. The van der Waals surface area contributed by atoms with Crippen molar-refractivity contribution in [3.05, 3.63) is 71.3 Å². The molecule has 166 valence electrons. The molecule has 0 heterocycles. The molecule has 2 rings (SSSR count). The van der Waals surface area contributed by atoms with E-state index in [9.17, 15) is 14.4 Å². The van der Waals surface area contributed by atoms with E-state index in [2.05, 4.69) is 4.99 Å². The number of benzene rings is 2. The van der Waals surface area contributed by atoms with Crippen LogP contribution < -0.4 is 17.2 Å². The van der Waals surface area contributed by atoms with Gasteiger partial charge in [-0.05, 0) is 31.4 Å². The summed E-state index contributed by atoms with van der Waals surface area (Å²) in [6.07, 6.45) is 0.956. The van der Waals surface area contributed by atoms with Gasteiger partial charge in [0.1, 0.15) is 6.04 Å². The number of aliphatic imine (C=N–C) groups is 1.